The summed E-state index contributed by atoms with van der Waals surface area (Å²) in [5, 5.41) is 20.1. The van der Waals surface area contributed by atoms with Gasteiger partial charge in [0.25, 0.3) is 0 Å². The van der Waals surface area contributed by atoms with Gasteiger partial charge < -0.3 is 5.11 Å². The Kier molecular flexibility index (Phi) is 4.16. The van der Waals surface area contributed by atoms with E-state index in [2.05, 4.69) is 10.2 Å². The van der Waals surface area contributed by atoms with Crippen molar-refractivity contribution in [2.45, 2.75) is 6.92 Å². The maximum absolute atomic E-state index is 9.71. The Morgan fingerprint density at radius 3 is 2.55 bits per heavy atom. The van der Waals surface area contributed by atoms with Crippen molar-refractivity contribution in [2.75, 3.05) is 0 Å². The van der Waals surface area contributed by atoms with Crippen LogP contribution in [-0.4, -0.2) is 15.9 Å². The second kappa shape index (κ2) is 6.41. The van der Waals surface area contributed by atoms with Crippen LogP contribution in [0.2, 0.25) is 0 Å². The summed E-state index contributed by atoms with van der Waals surface area (Å²) >= 11 is 1.53. The molecular weight excluding hydrogens is 294 g/mol. The highest BCUT2D eigenvalue weighted by Gasteiger charge is 2.03. The van der Waals surface area contributed by atoms with Crippen molar-refractivity contribution < 1.29 is 5.11 Å². The van der Waals surface area contributed by atoms with Crippen LogP contribution < -0.4 is 4.80 Å². The molecule has 0 bridgehead atoms. The molecular formula is C17H15N3OS. The number of para-hydroxylation sites is 2. The maximum Gasteiger partial charge on any atom is 0.215 e. The van der Waals surface area contributed by atoms with Crippen molar-refractivity contribution in [2.24, 2.45) is 10.2 Å². The van der Waals surface area contributed by atoms with Crippen molar-refractivity contribution in [3.8, 4) is 11.4 Å². The van der Waals surface area contributed by atoms with Gasteiger partial charge in [-0.2, -0.15) is 5.10 Å². The monoisotopic (exact) mass is 309 g/mol. The second-order valence-corrected chi connectivity index (χ2v) is 5.57. The molecule has 0 aliphatic rings. The number of benzene rings is 2. The molecule has 5 heteroatoms. The van der Waals surface area contributed by atoms with Crippen molar-refractivity contribution >= 4 is 17.6 Å². The first kappa shape index (κ1) is 14.3. The lowest BCUT2D eigenvalue weighted by Gasteiger charge is -2.04. The van der Waals surface area contributed by atoms with Crippen LogP contribution in [0.15, 0.2) is 70.2 Å². The third kappa shape index (κ3) is 2.99. The van der Waals surface area contributed by atoms with Gasteiger partial charge in [0.2, 0.25) is 4.80 Å². The number of aromatic nitrogens is 1. The zero-order valence-electron chi connectivity index (χ0n) is 12.0. The van der Waals surface area contributed by atoms with Gasteiger partial charge in [-0.1, -0.05) is 30.3 Å². The van der Waals surface area contributed by atoms with Gasteiger partial charge in [0.05, 0.1) is 6.21 Å². The summed E-state index contributed by atoms with van der Waals surface area (Å²) in [6.45, 7) is 2.04. The number of hydrogen-bond acceptors (Lipinski definition) is 4. The summed E-state index contributed by atoms with van der Waals surface area (Å²) in [7, 11) is 0. The molecule has 1 heterocycles. The maximum atomic E-state index is 9.71. The Morgan fingerprint density at radius 2 is 1.77 bits per heavy atom. The predicted octanol–water partition coefficient (Wildman–Crippen LogP) is 3.49. The molecule has 0 saturated carbocycles. The zero-order chi connectivity index (χ0) is 15.4. The molecule has 1 N–H and O–H groups in total. The number of aromatic hydroxyl groups is 1. The van der Waals surface area contributed by atoms with Gasteiger partial charge in [0, 0.05) is 22.3 Å². The summed E-state index contributed by atoms with van der Waals surface area (Å²) in [4.78, 5) is 0.787. The average Bonchev–Trinajstić information content (AvgIpc) is 2.91. The number of thiazole rings is 1. The lowest BCUT2D eigenvalue weighted by molar-refractivity contribution is 0.474. The average molecular weight is 309 g/mol. The molecule has 0 saturated heterocycles. The number of nitrogens with zero attached hydrogens (tertiary/aromatic N) is 3. The highest BCUT2D eigenvalue weighted by Crippen LogP contribution is 2.13. The number of aryl methyl sites for hydroxylation is 1. The van der Waals surface area contributed by atoms with Crippen molar-refractivity contribution in [1.82, 2.24) is 4.57 Å². The third-order valence-corrected chi connectivity index (χ3v) is 4.10. The van der Waals surface area contributed by atoms with E-state index in [9.17, 15) is 5.11 Å². The Hall–Kier alpha value is -2.66. The predicted molar refractivity (Wildman–Crippen MR) is 89.6 cm³/mol. The number of rotatable bonds is 3. The minimum Gasteiger partial charge on any atom is -0.507 e. The van der Waals surface area contributed by atoms with Crippen LogP contribution >= 0.6 is 11.3 Å². The zero-order valence-corrected chi connectivity index (χ0v) is 12.9. The molecule has 0 spiro atoms. The Labute approximate surface area is 132 Å². The van der Waals surface area contributed by atoms with Crippen LogP contribution in [0.25, 0.3) is 5.69 Å². The third-order valence-electron chi connectivity index (χ3n) is 3.17. The normalized spacial score (nSPS) is 12.1. The molecule has 0 fully saturated rings. The number of phenols is 1. The van der Waals surface area contributed by atoms with E-state index < -0.39 is 0 Å². The van der Waals surface area contributed by atoms with Gasteiger partial charge in [0.15, 0.2) is 0 Å². The molecule has 2 aromatic carbocycles. The van der Waals surface area contributed by atoms with Crippen LogP contribution in [0, 0.1) is 6.92 Å². The fraction of sp³-hybridized carbons (Fsp3) is 0.0588. The molecule has 3 aromatic rings. The Bertz CT molecular complexity index is 863. The summed E-state index contributed by atoms with van der Waals surface area (Å²) in [6, 6.07) is 17.1. The van der Waals surface area contributed by atoms with Gasteiger partial charge >= 0.3 is 0 Å². The van der Waals surface area contributed by atoms with E-state index >= 15 is 0 Å². The molecule has 0 radical (unpaired) electrons. The van der Waals surface area contributed by atoms with Gasteiger partial charge in [0.1, 0.15) is 5.75 Å². The van der Waals surface area contributed by atoms with Crippen molar-refractivity contribution in [3.05, 3.63) is 76.0 Å². The molecule has 0 atom stereocenters. The van der Waals surface area contributed by atoms with E-state index in [0.29, 0.717) is 5.56 Å². The van der Waals surface area contributed by atoms with Crippen molar-refractivity contribution in [3.63, 3.8) is 0 Å². The largest absolute Gasteiger partial charge is 0.507 e. The highest BCUT2D eigenvalue weighted by atomic mass is 32.1. The van der Waals surface area contributed by atoms with E-state index in [1.165, 1.54) is 11.3 Å². The van der Waals surface area contributed by atoms with Crippen LogP contribution in [0.4, 0.5) is 0 Å². The van der Waals surface area contributed by atoms with Crippen LogP contribution in [0.5, 0.6) is 5.75 Å². The van der Waals surface area contributed by atoms with Gasteiger partial charge in [-0.3, -0.25) is 4.57 Å². The first-order chi connectivity index (χ1) is 10.8. The van der Waals surface area contributed by atoms with Crippen molar-refractivity contribution in [1.29, 1.82) is 0 Å². The summed E-state index contributed by atoms with van der Waals surface area (Å²) in [5.41, 5.74) is 2.80. The smallest absolute Gasteiger partial charge is 0.215 e. The summed E-state index contributed by atoms with van der Waals surface area (Å²) < 4.78 is 2.05. The molecule has 0 amide bonds. The van der Waals surface area contributed by atoms with Gasteiger partial charge in [-0.15, -0.1) is 16.4 Å². The van der Waals surface area contributed by atoms with E-state index in [1.54, 1.807) is 24.4 Å². The van der Waals surface area contributed by atoms with Gasteiger partial charge in [-0.05, 0) is 31.2 Å². The minimum atomic E-state index is 0.194. The lowest BCUT2D eigenvalue weighted by atomic mass is 10.2. The Balaban J connectivity index is 1.98. The standard InChI is InChI=1S/C17H15N3OS/c1-13-12-22-17(20(13)15-8-3-2-4-9-15)19-18-11-14-7-5-6-10-16(14)21/h2-12,21H,1H3/b18-11+,19-17-. The fourth-order valence-electron chi connectivity index (χ4n) is 2.09. The first-order valence-corrected chi connectivity index (χ1v) is 7.71. The van der Waals surface area contributed by atoms with Gasteiger partial charge in [-0.25, -0.2) is 0 Å². The molecule has 22 heavy (non-hydrogen) atoms. The molecule has 0 unspecified atom stereocenters. The molecule has 110 valence electrons. The van der Waals surface area contributed by atoms with E-state index in [0.717, 1.165) is 16.2 Å². The summed E-state index contributed by atoms with van der Waals surface area (Å²) in [6.07, 6.45) is 1.56. The number of hydrogen-bond donors (Lipinski definition) is 1. The van der Waals surface area contributed by atoms with Crippen LogP contribution in [0.3, 0.4) is 0 Å². The highest BCUT2D eigenvalue weighted by molar-refractivity contribution is 7.07. The quantitative estimate of drug-likeness (QED) is 0.584. The van der Waals surface area contributed by atoms with E-state index in [4.69, 9.17) is 0 Å². The van der Waals surface area contributed by atoms with Crippen LogP contribution in [-0.2, 0) is 0 Å². The number of phenolic OH excluding ortho intramolecular Hbond substituents is 1. The van der Waals surface area contributed by atoms with Crippen LogP contribution in [0.1, 0.15) is 11.3 Å². The molecule has 0 aliphatic heterocycles. The topological polar surface area (TPSA) is 49.9 Å². The van der Waals surface area contributed by atoms with E-state index in [1.807, 2.05) is 53.3 Å². The first-order valence-electron chi connectivity index (χ1n) is 6.83. The fourth-order valence-corrected chi connectivity index (χ4v) is 2.92. The second-order valence-electron chi connectivity index (χ2n) is 4.73. The molecule has 3 rings (SSSR count). The lowest BCUT2D eigenvalue weighted by Crippen LogP contribution is -2.13. The minimum absolute atomic E-state index is 0.194. The Morgan fingerprint density at radius 1 is 1.05 bits per heavy atom. The molecule has 1 aromatic heterocycles. The molecule has 0 aliphatic carbocycles. The SMILES string of the molecule is Cc1cs/c(=N\N=C\c2ccccc2O)n1-c1ccccc1. The summed E-state index contributed by atoms with van der Waals surface area (Å²) in [5.74, 6) is 0.194. The van der Waals surface area contributed by atoms with E-state index in [-0.39, 0.29) is 5.75 Å². The molecule has 4 nitrogen and oxygen atoms in total.